The molecule has 0 saturated heterocycles. The van der Waals surface area contributed by atoms with Gasteiger partial charge in [0, 0.05) is 6.20 Å². The van der Waals surface area contributed by atoms with E-state index in [0.717, 1.165) is 18.3 Å². The van der Waals surface area contributed by atoms with Crippen LogP contribution in [0.15, 0.2) is 40.1 Å². The van der Waals surface area contributed by atoms with Crippen LogP contribution in [0, 0.1) is 0 Å². The zero-order valence-electron chi connectivity index (χ0n) is 10.1. The normalized spacial score (nSPS) is 11.1. The third kappa shape index (κ3) is 3.69. The minimum absolute atomic E-state index is 0.107. The third-order valence-electron chi connectivity index (χ3n) is 2.31. The molecule has 0 aliphatic heterocycles. The van der Waals surface area contributed by atoms with Gasteiger partial charge in [-0.2, -0.15) is 8.42 Å². The Labute approximate surface area is 133 Å². The minimum Gasteiger partial charge on any atom is -0.478 e. The molecular formula is C11H7BrClN3O4S. The number of sulfonamides is 1. The first-order chi connectivity index (χ1) is 9.79. The number of pyridine rings is 2. The van der Waals surface area contributed by atoms with E-state index in [9.17, 15) is 13.2 Å². The lowest BCUT2D eigenvalue weighted by atomic mass is 10.3. The molecule has 110 valence electrons. The van der Waals surface area contributed by atoms with E-state index in [1.165, 1.54) is 12.3 Å². The maximum atomic E-state index is 12.1. The van der Waals surface area contributed by atoms with Crippen molar-refractivity contribution in [3.63, 3.8) is 0 Å². The van der Waals surface area contributed by atoms with E-state index in [-0.39, 0.29) is 21.4 Å². The number of carboxylic acids is 1. The smallest absolute Gasteiger partial charge is 0.337 e. The van der Waals surface area contributed by atoms with E-state index >= 15 is 0 Å². The van der Waals surface area contributed by atoms with Crippen molar-refractivity contribution in [2.75, 3.05) is 4.72 Å². The van der Waals surface area contributed by atoms with Crippen molar-refractivity contribution in [3.05, 3.63) is 45.8 Å². The van der Waals surface area contributed by atoms with Gasteiger partial charge in [0.1, 0.15) is 5.15 Å². The highest BCUT2D eigenvalue weighted by molar-refractivity contribution is 9.10. The Morgan fingerprint density at radius 1 is 1.29 bits per heavy atom. The fourth-order valence-corrected chi connectivity index (χ4v) is 2.77. The summed E-state index contributed by atoms with van der Waals surface area (Å²) in [5.41, 5.74) is 0.0836. The number of hydrogen-bond donors (Lipinski definition) is 2. The van der Waals surface area contributed by atoms with Gasteiger partial charge in [0.15, 0.2) is 5.03 Å². The van der Waals surface area contributed by atoms with Crippen LogP contribution in [0.4, 0.5) is 5.69 Å². The van der Waals surface area contributed by atoms with Gasteiger partial charge in [0.2, 0.25) is 0 Å². The Bertz CT molecular complexity index is 796. The predicted molar refractivity (Wildman–Crippen MR) is 79.0 cm³/mol. The van der Waals surface area contributed by atoms with Gasteiger partial charge in [-0.1, -0.05) is 11.6 Å². The van der Waals surface area contributed by atoms with Gasteiger partial charge in [0.25, 0.3) is 10.0 Å². The number of aromatic nitrogens is 2. The highest BCUT2D eigenvalue weighted by atomic mass is 79.9. The second-order valence-corrected chi connectivity index (χ2v) is 6.63. The highest BCUT2D eigenvalue weighted by Crippen LogP contribution is 2.24. The topological polar surface area (TPSA) is 109 Å². The summed E-state index contributed by atoms with van der Waals surface area (Å²) >= 11 is 8.84. The number of rotatable bonds is 4. The maximum absolute atomic E-state index is 12.1. The van der Waals surface area contributed by atoms with Crippen LogP contribution in [-0.4, -0.2) is 29.5 Å². The Hall–Kier alpha value is -1.71. The molecule has 2 rings (SSSR count). The molecule has 0 spiro atoms. The maximum Gasteiger partial charge on any atom is 0.337 e. The second-order valence-electron chi connectivity index (χ2n) is 3.79. The summed E-state index contributed by atoms with van der Waals surface area (Å²) < 4.78 is 26.9. The van der Waals surface area contributed by atoms with E-state index in [4.69, 9.17) is 16.7 Å². The number of carbonyl (C=O) groups is 1. The van der Waals surface area contributed by atoms with Crippen LogP contribution in [0.1, 0.15) is 10.4 Å². The van der Waals surface area contributed by atoms with Gasteiger partial charge in [-0.05, 0) is 34.1 Å². The fourth-order valence-electron chi connectivity index (χ4n) is 1.35. The van der Waals surface area contributed by atoms with Crippen LogP contribution >= 0.6 is 27.5 Å². The number of anilines is 1. The lowest BCUT2D eigenvalue weighted by molar-refractivity contribution is 0.0696. The third-order valence-corrected chi connectivity index (χ3v) is 4.74. The molecule has 0 amide bonds. The van der Waals surface area contributed by atoms with Crippen LogP contribution in [0.2, 0.25) is 5.15 Å². The van der Waals surface area contributed by atoms with Gasteiger partial charge in [-0.15, -0.1) is 0 Å². The fraction of sp³-hybridized carbons (Fsp3) is 0. The van der Waals surface area contributed by atoms with E-state index in [1.54, 1.807) is 0 Å². The molecule has 0 atom stereocenters. The monoisotopic (exact) mass is 391 g/mol. The summed E-state index contributed by atoms with van der Waals surface area (Å²) in [5.74, 6) is -1.19. The summed E-state index contributed by atoms with van der Waals surface area (Å²) in [4.78, 5) is 18.1. The molecular weight excluding hydrogens is 386 g/mol. The van der Waals surface area contributed by atoms with Crippen LogP contribution in [0.3, 0.4) is 0 Å². The molecule has 0 fully saturated rings. The van der Waals surface area contributed by atoms with Crippen molar-refractivity contribution < 1.29 is 18.3 Å². The van der Waals surface area contributed by atoms with Gasteiger partial charge in [-0.3, -0.25) is 4.72 Å². The summed E-state index contributed by atoms with van der Waals surface area (Å²) in [6.07, 6.45) is 2.21. The second kappa shape index (κ2) is 5.96. The zero-order valence-corrected chi connectivity index (χ0v) is 13.3. The molecule has 0 bridgehead atoms. The van der Waals surface area contributed by atoms with Gasteiger partial charge in [0.05, 0.1) is 21.9 Å². The number of hydrogen-bond acceptors (Lipinski definition) is 5. The molecule has 2 aromatic heterocycles. The summed E-state index contributed by atoms with van der Waals surface area (Å²) in [5, 5.41) is 8.63. The minimum atomic E-state index is -3.94. The van der Waals surface area contributed by atoms with Crippen molar-refractivity contribution in [2.45, 2.75) is 5.03 Å². The summed E-state index contributed by atoms with van der Waals surface area (Å²) in [6.45, 7) is 0. The lowest BCUT2D eigenvalue weighted by Crippen LogP contribution is -2.15. The number of nitrogens with one attached hydrogen (secondary N) is 1. The molecule has 0 aliphatic rings. The largest absolute Gasteiger partial charge is 0.478 e. The van der Waals surface area contributed by atoms with Gasteiger partial charge >= 0.3 is 5.97 Å². The van der Waals surface area contributed by atoms with E-state index < -0.39 is 16.0 Å². The lowest BCUT2D eigenvalue weighted by Gasteiger charge is -2.08. The molecule has 0 radical (unpaired) electrons. The number of aromatic carboxylic acids is 1. The zero-order chi connectivity index (χ0) is 15.6. The molecule has 2 N–H and O–H groups in total. The summed E-state index contributed by atoms with van der Waals surface area (Å²) in [6, 6.07) is 3.70. The first-order valence-corrected chi connectivity index (χ1v) is 7.98. The Morgan fingerprint density at radius 2 is 2.00 bits per heavy atom. The van der Waals surface area contributed by atoms with Gasteiger partial charge in [-0.25, -0.2) is 14.8 Å². The molecule has 0 unspecified atom stereocenters. The molecule has 0 aliphatic carbocycles. The first kappa shape index (κ1) is 15.7. The molecule has 10 heteroatoms. The van der Waals surface area contributed by atoms with E-state index in [1.807, 2.05) is 0 Å². The van der Waals surface area contributed by atoms with Crippen molar-refractivity contribution in [2.24, 2.45) is 0 Å². The number of carboxylic acid groups (broad SMARTS) is 1. The number of halogens is 2. The molecule has 0 saturated carbocycles. The standard InChI is InChI=1S/C11H7BrClN3O4S/c12-8-3-7(5-15-10(8)13)16-21(19,20)9-2-1-6(4-14-9)11(17)18/h1-5,16H,(H,17,18). The van der Waals surface area contributed by atoms with Crippen LogP contribution in [0.5, 0.6) is 0 Å². The van der Waals surface area contributed by atoms with Crippen LogP contribution in [0.25, 0.3) is 0 Å². The quantitative estimate of drug-likeness (QED) is 0.773. The predicted octanol–water partition coefficient (Wildman–Crippen LogP) is 2.39. The van der Waals surface area contributed by atoms with Crippen molar-refractivity contribution >= 4 is 49.2 Å². The molecule has 2 aromatic rings. The Balaban J connectivity index is 2.29. The number of nitrogens with zero attached hydrogens (tertiary/aromatic N) is 2. The van der Waals surface area contributed by atoms with Crippen LogP contribution < -0.4 is 4.72 Å². The van der Waals surface area contributed by atoms with Crippen molar-refractivity contribution in [3.8, 4) is 0 Å². The molecule has 7 nitrogen and oxygen atoms in total. The van der Waals surface area contributed by atoms with E-state index in [0.29, 0.717) is 4.47 Å². The molecule has 0 aromatic carbocycles. The van der Waals surface area contributed by atoms with Crippen molar-refractivity contribution in [1.82, 2.24) is 9.97 Å². The molecule has 21 heavy (non-hydrogen) atoms. The average molecular weight is 393 g/mol. The summed E-state index contributed by atoms with van der Waals surface area (Å²) in [7, 11) is -3.94. The first-order valence-electron chi connectivity index (χ1n) is 5.33. The van der Waals surface area contributed by atoms with Crippen LogP contribution in [-0.2, 0) is 10.0 Å². The highest BCUT2D eigenvalue weighted by Gasteiger charge is 2.17. The SMILES string of the molecule is O=C(O)c1ccc(S(=O)(=O)Nc2cnc(Cl)c(Br)c2)nc1. The van der Waals surface area contributed by atoms with Gasteiger partial charge < -0.3 is 5.11 Å². The van der Waals surface area contributed by atoms with Crippen molar-refractivity contribution in [1.29, 1.82) is 0 Å². The molecule has 2 heterocycles. The Morgan fingerprint density at radius 3 is 2.52 bits per heavy atom. The average Bonchev–Trinajstić information content (AvgIpc) is 2.43. The van der Waals surface area contributed by atoms with E-state index in [2.05, 4.69) is 30.6 Å². The Kier molecular flexibility index (Phi) is 4.45.